The van der Waals surface area contributed by atoms with Crippen molar-refractivity contribution in [3.63, 3.8) is 0 Å². The van der Waals surface area contributed by atoms with Gasteiger partial charge in [0.15, 0.2) is 0 Å². The van der Waals surface area contributed by atoms with Gasteiger partial charge >= 0.3 is 0 Å². The summed E-state index contributed by atoms with van der Waals surface area (Å²) in [7, 11) is 0. The van der Waals surface area contributed by atoms with Gasteiger partial charge in [-0.15, -0.1) is 0 Å². The van der Waals surface area contributed by atoms with E-state index < -0.39 is 0 Å². The van der Waals surface area contributed by atoms with Crippen molar-refractivity contribution < 1.29 is 0 Å². The average molecular weight is 241 g/mol. The summed E-state index contributed by atoms with van der Waals surface area (Å²) in [4.78, 5) is 4.25. The highest BCUT2D eigenvalue weighted by Crippen LogP contribution is 2.27. The molecule has 0 radical (unpaired) electrons. The molecule has 2 aromatic rings. The first-order chi connectivity index (χ1) is 7.24. The van der Waals surface area contributed by atoms with Crippen molar-refractivity contribution in [2.45, 2.75) is 13.3 Å². The van der Waals surface area contributed by atoms with Gasteiger partial charge in [-0.1, -0.05) is 37.3 Å². The van der Waals surface area contributed by atoms with Crippen LogP contribution in [-0.4, -0.2) is 9.07 Å². The molecule has 0 unspecified atom stereocenters. The minimum atomic E-state index is 0.312. The lowest BCUT2D eigenvalue weighted by molar-refractivity contribution is 1.02. The van der Waals surface area contributed by atoms with E-state index >= 15 is 0 Å². The molecule has 0 aliphatic rings. The number of rotatable bonds is 2. The van der Waals surface area contributed by atoms with Crippen LogP contribution in [0.15, 0.2) is 30.3 Å². The third-order valence-corrected chi connectivity index (χ3v) is 2.96. The van der Waals surface area contributed by atoms with Crippen molar-refractivity contribution >= 4 is 23.4 Å². The van der Waals surface area contributed by atoms with Crippen molar-refractivity contribution in [1.82, 2.24) is 9.07 Å². The molecule has 0 amide bonds. The first kappa shape index (κ1) is 10.5. The van der Waals surface area contributed by atoms with Gasteiger partial charge in [-0.05, 0) is 18.0 Å². The maximum absolute atomic E-state index is 5.99. The lowest BCUT2D eigenvalue weighted by Gasteiger charge is -2.00. The SMILES string of the molecule is CCc1c(-c2ccccc2)nc(Cl)n1Cl. The molecule has 0 spiro atoms. The highest BCUT2D eigenvalue weighted by Gasteiger charge is 2.14. The number of hydrogen-bond donors (Lipinski definition) is 0. The Hall–Kier alpha value is -0.990. The number of hydrogen-bond acceptors (Lipinski definition) is 1. The molecule has 4 heteroatoms. The molecule has 0 N–H and O–H groups in total. The van der Waals surface area contributed by atoms with E-state index in [2.05, 4.69) is 4.98 Å². The summed E-state index contributed by atoms with van der Waals surface area (Å²) >= 11 is 11.9. The van der Waals surface area contributed by atoms with Crippen LogP contribution in [0, 0.1) is 0 Å². The molecule has 2 rings (SSSR count). The second-order valence-corrected chi connectivity index (χ2v) is 3.85. The summed E-state index contributed by atoms with van der Waals surface area (Å²) in [5.74, 6) is 0. The Balaban J connectivity index is 2.58. The molecule has 0 saturated heterocycles. The molecule has 0 saturated carbocycles. The number of nitrogens with zero attached hydrogens (tertiary/aromatic N) is 2. The van der Waals surface area contributed by atoms with Crippen LogP contribution in [0.1, 0.15) is 12.6 Å². The molecule has 1 heterocycles. The van der Waals surface area contributed by atoms with E-state index in [0.29, 0.717) is 5.28 Å². The Kier molecular flexibility index (Phi) is 2.98. The van der Waals surface area contributed by atoms with Crippen LogP contribution in [0.5, 0.6) is 0 Å². The second kappa shape index (κ2) is 4.25. The summed E-state index contributed by atoms with van der Waals surface area (Å²) in [5.41, 5.74) is 2.83. The van der Waals surface area contributed by atoms with Gasteiger partial charge in [-0.25, -0.2) is 9.07 Å². The van der Waals surface area contributed by atoms with Gasteiger partial charge in [0.2, 0.25) is 5.28 Å². The predicted molar refractivity (Wildman–Crippen MR) is 63.3 cm³/mol. The van der Waals surface area contributed by atoms with Crippen LogP contribution < -0.4 is 0 Å². The van der Waals surface area contributed by atoms with E-state index in [0.717, 1.165) is 23.4 Å². The van der Waals surface area contributed by atoms with Gasteiger partial charge in [-0.3, -0.25) is 0 Å². The maximum atomic E-state index is 5.99. The molecule has 0 aliphatic carbocycles. The molecule has 15 heavy (non-hydrogen) atoms. The van der Waals surface area contributed by atoms with Crippen LogP contribution in [-0.2, 0) is 6.42 Å². The topological polar surface area (TPSA) is 17.8 Å². The monoisotopic (exact) mass is 240 g/mol. The number of aromatic nitrogens is 2. The Morgan fingerprint density at radius 3 is 2.53 bits per heavy atom. The van der Waals surface area contributed by atoms with Crippen molar-refractivity contribution in [3.8, 4) is 11.3 Å². The van der Waals surface area contributed by atoms with Gasteiger partial charge in [0, 0.05) is 17.3 Å². The zero-order chi connectivity index (χ0) is 10.8. The molecule has 0 aliphatic heterocycles. The molecule has 78 valence electrons. The molecule has 2 nitrogen and oxygen atoms in total. The maximum Gasteiger partial charge on any atom is 0.218 e. The molecular weight excluding hydrogens is 231 g/mol. The molecule has 0 bridgehead atoms. The van der Waals surface area contributed by atoms with Crippen LogP contribution in [0.25, 0.3) is 11.3 Å². The first-order valence-electron chi connectivity index (χ1n) is 4.72. The lowest BCUT2D eigenvalue weighted by atomic mass is 10.1. The molecule has 1 aromatic carbocycles. The Labute approximate surface area is 98.6 Å². The fourth-order valence-electron chi connectivity index (χ4n) is 1.54. The first-order valence-corrected chi connectivity index (χ1v) is 5.44. The van der Waals surface area contributed by atoms with Crippen LogP contribution in [0.4, 0.5) is 0 Å². The smallest absolute Gasteiger partial charge is 0.218 e. The van der Waals surface area contributed by atoms with Gasteiger partial charge in [0.05, 0.1) is 11.4 Å². The van der Waals surface area contributed by atoms with Crippen molar-refractivity contribution in [3.05, 3.63) is 41.3 Å². The second-order valence-electron chi connectivity index (χ2n) is 3.18. The van der Waals surface area contributed by atoms with Crippen molar-refractivity contribution in [2.75, 3.05) is 0 Å². The zero-order valence-electron chi connectivity index (χ0n) is 8.24. The van der Waals surface area contributed by atoms with Gasteiger partial charge in [0.25, 0.3) is 0 Å². The normalized spacial score (nSPS) is 10.6. The van der Waals surface area contributed by atoms with Gasteiger partial charge < -0.3 is 0 Å². The fraction of sp³-hybridized carbons (Fsp3) is 0.182. The van der Waals surface area contributed by atoms with Crippen LogP contribution >= 0.6 is 23.4 Å². The summed E-state index contributed by atoms with van der Waals surface area (Å²) in [6.45, 7) is 2.03. The predicted octanol–water partition coefficient (Wildman–Crippen LogP) is 3.77. The van der Waals surface area contributed by atoms with E-state index in [4.69, 9.17) is 23.4 Å². The Bertz CT molecular complexity index is 463. The zero-order valence-corrected chi connectivity index (χ0v) is 9.76. The van der Waals surface area contributed by atoms with E-state index in [9.17, 15) is 0 Å². The minimum absolute atomic E-state index is 0.312. The van der Waals surface area contributed by atoms with Crippen molar-refractivity contribution in [1.29, 1.82) is 0 Å². The van der Waals surface area contributed by atoms with Crippen LogP contribution in [0.2, 0.25) is 5.28 Å². The number of imidazole rings is 1. The number of halogens is 2. The van der Waals surface area contributed by atoms with Crippen molar-refractivity contribution in [2.24, 2.45) is 0 Å². The Morgan fingerprint density at radius 2 is 1.93 bits per heavy atom. The highest BCUT2D eigenvalue weighted by atomic mass is 35.5. The minimum Gasteiger partial charge on any atom is -0.228 e. The third kappa shape index (κ3) is 1.87. The third-order valence-electron chi connectivity index (χ3n) is 2.26. The lowest BCUT2D eigenvalue weighted by Crippen LogP contribution is -1.90. The fourth-order valence-corrected chi connectivity index (χ4v) is 1.96. The quantitative estimate of drug-likeness (QED) is 0.782. The molecular formula is C11H10Cl2N2. The van der Waals surface area contributed by atoms with Gasteiger partial charge in [0.1, 0.15) is 0 Å². The summed E-state index contributed by atoms with van der Waals surface area (Å²) < 4.78 is 1.41. The summed E-state index contributed by atoms with van der Waals surface area (Å²) in [6, 6.07) is 9.89. The van der Waals surface area contributed by atoms with E-state index in [1.807, 2.05) is 37.3 Å². The van der Waals surface area contributed by atoms with E-state index in [1.165, 1.54) is 4.09 Å². The van der Waals surface area contributed by atoms with E-state index in [-0.39, 0.29) is 0 Å². The molecule has 1 aromatic heterocycles. The summed E-state index contributed by atoms with van der Waals surface area (Å²) in [6.07, 6.45) is 0.799. The average Bonchev–Trinajstić information content (AvgIpc) is 2.56. The number of benzene rings is 1. The highest BCUT2D eigenvalue weighted by molar-refractivity contribution is 6.32. The standard InChI is InChI=1S/C11H10Cl2N2/c1-2-9-10(14-11(12)15(9)13)8-6-4-3-5-7-8/h3-7H,2H2,1H3. The van der Waals surface area contributed by atoms with Crippen LogP contribution in [0.3, 0.4) is 0 Å². The Morgan fingerprint density at radius 1 is 1.27 bits per heavy atom. The van der Waals surface area contributed by atoms with Gasteiger partial charge in [-0.2, -0.15) is 0 Å². The van der Waals surface area contributed by atoms with E-state index in [1.54, 1.807) is 0 Å². The summed E-state index contributed by atoms with van der Waals surface area (Å²) in [5, 5.41) is 0.312. The molecule has 0 fully saturated rings. The largest absolute Gasteiger partial charge is 0.228 e. The molecule has 0 atom stereocenters.